The number of amides is 1. The number of benzene rings is 2. The van der Waals surface area contributed by atoms with E-state index in [1.54, 1.807) is 18.2 Å². The van der Waals surface area contributed by atoms with Crippen LogP contribution in [0.25, 0.3) is 0 Å². The number of halogens is 1. The second kappa shape index (κ2) is 8.23. The summed E-state index contributed by atoms with van der Waals surface area (Å²) in [5.74, 6) is -0.0390. The quantitative estimate of drug-likeness (QED) is 0.800. The van der Waals surface area contributed by atoms with E-state index in [1.807, 2.05) is 38.1 Å². The van der Waals surface area contributed by atoms with E-state index < -0.39 is 15.4 Å². The van der Waals surface area contributed by atoms with Crippen molar-refractivity contribution in [2.24, 2.45) is 5.41 Å². The molecule has 0 spiro atoms. The molecule has 1 aliphatic heterocycles. The van der Waals surface area contributed by atoms with Crippen molar-refractivity contribution in [3.63, 3.8) is 0 Å². The molecular weight excluding hydrogens is 396 g/mol. The summed E-state index contributed by atoms with van der Waals surface area (Å²) in [5, 5.41) is 3.21. The third-order valence-corrected chi connectivity index (χ3v) is 7.80. The lowest BCUT2D eigenvalue weighted by Gasteiger charge is -2.37. The van der Waals surface area contributed by atoms with Gasteiger partial charge in [0.25, 0.3) is 0 Å². The lowest BCUT2D eigenvalue weighted by Crippen LogP contribution is -2.48. The minimum atomic E-state index is -3.66. The molecule has 1 fully saturated rings. The first-order chi connectivity index (χ1) is 13.2. The summed E-state index contributed by atoms with van der Waals surface area (Å²) < 4.78 is 27.2. The zero-order valence-electron chi connectivity index (χ0n) is 16.1. The van der Waals surface area contributed by atoms with Gasteiger partial charge in [0.05, 0.1) is 5.02 Å². The molecule has 1 heterocycles. The van der Waals surface area contributed by atoms with Gasteiger partial charge in [-0.2, -0.15) is 4.31 Å². The van der Waals surface area contributed by atoms with E-state index in [9.17, 15) is 13.2 Å². The lowest BCUT2D eigenvalue weighted by atomic mass is 9.80. The van der Waals surface area contributed by atoms with Crippen LogP contribution in [0.3, 0.4) is 0 Å². The van der Waals surface area contributed by atoms with Gasteiger partial charge in [0.15, 0.2) is 0 Å². The molecule has 0 aliphatic carbocycles. The Morgan fingerprint density at radius 1 is 1.11 bits per heavy atom. The Bertz CT molecular complexity index is 950. The SMILES string of the molecule is Cc1ccc(CNC(=O)C2(C)CCN(S(=O)(=O)c3ccccc3Cl)CC2)cc1. The Labute approximate surface area is 171 Å². The van der Waals surface area contributed by atoms with Crippen LogP contribution in [0, 0.1) is 12.3 Å². The first-order valence-electron chi connectivity index (χ1n) is 9.31. The predicted octanol–water partition coefficient (Wildman–Crippen LogP) is 3.76. The van der Waals surface area contributed by atoms with Gasteiger partial charge in [-0.1, -0.05) is 60.5 Å². The van der Waals surface area contributed by atoms with Crippen LogP contribution in [0.1, 0.15) is 30.9 Å². The van der Waals surface area contributed by atoms with Crippen molar-refractivity contribution in [2.45, 2.75) is 38.1 Å². The van der Waals surface area contributed by atoms with Crippen molar-refractivity contribution < 1.29 is 13.2 Å². The third kappa shape index (κ3) is 4.40. The average Bonchev–Trinajstić information content (AvgIpc) is 2.68. The van der Waals surface area contributed by atoms with Crippen LogP contribution in [-0.2, 0) is 21.4 Å². The number of nitrogens with one attached hydrogen (secondary N) is 1. The molecule has 0 radical (unpaired) electrons. The Hall–Kier alpha value is -1.89. The van der Waals surface area contributed by atoms with Gasteiger partial charge in [0.1, 0.15) is 4.90 Å². The van der Waals surface area contributed by atoms with Crippen molar-refractivity contribution in [3.05, 3.63) is 64.7 Å². The average molecular weight is 421 g/mol. The van der Waals surface area contributed by atoms with Gasteiger partial charge < -0.3 is 5.32 Å². The fraction of sp³-hybridized carbons (Fsp3) is 0.381. The Balaban J connectivity index is 1.62. The summed E-state index contributed by atoms with van der Waals surface area (Å²) in [5.41, 5.74) is 1.63. The summed E-state index contributed by atoms with van der Waals surface area (Å²) in [7, 11) is -3.66. The van der Waals surface area contributed by atoms with Crippen molar-refractivity contribution in [1.82, 2.24) is 9.62 Å². The highest BCUT2D eigenvalue weighted by molar-refractivity contribution is 7.89. The number of piperidine rings is 1. The van der Waals surface area contributed by atoms with Crippen LogP contribution >= 0.6 is 11.6 Å². The number of nitrogens with zero attached hydrogens (tertiary/aromatic N) is 1. The topological polar surface area (TPSA) is 66.5 Å². The van der Waals surface area contributed by atoms with Crippen LogP contribution in [0.15, 0.2) is 53.4 Å². The molecule has 2 aromatic rings. The molecule has 2 aromatic carbocycles. The van der Waals surface area contributed by atoms with Crippen LogP contribution in [0.2, 0.25) is 5.02 Å². The summed E-state index contributed by atoms with van der Waals surface area (Å²) >= 11 is 6.07. The smallest absolute Gasteiger partial charge is 0.244 e. The number of carbonyl (C=O) groups excluding carboxylic acids is 1. The van der Waals surface area contributed by atoms with E-state index >= 15 is 0 Å². The summed E-state index contributed by atoms with van der Waals surface area (Å²) in [6.07, 6.45) is 0.937. The van der Waals surface area contributed by atoms with Crippen LogP contribution in [0.5, 0.6) is 0 Å². The first kappa shape index (κ1) is 20.8. The van der Waals surface area contributed by atoms with Crippen LogP contribution in [0.4, 0.5) is 0 Å². The second-order valence-corrected chi connectivity index (χ2v) is 9.88. The molecule has 0 saturated carbocycles. The first-order valence-corrected chi connectivity index (χ1v) is 11.1. The predicted molar refractivity (Wildman–Crippen MR) is 111 cm³/mol. The molecule has 0 atom stereocenters. The van der Waals surface area contributed by atoms with Crippen molar-refractivity contribution >= 4 is 27.5 Å². The largest absolute Gasteiger partial charge is 0.352 e. The molecule has 1 saturated heterocycles. The molecule has 1 amide bonds. The molecule has 28 heavy (non-hydrogen) atoms. The molecule has 0 unspecified atom stereocenters. The lowest BCUT2D eigenvalue weighted by molar-refractivity contribution is -0.132. The zero-order chi connectivity index (χ0) is 20.4. The van der Waals surface area contributed by atoms with Gasteiger partial charge in [-0.3, -0.25) is 4.79 Å². The highest BCUT2D eigenvalue weighted by Crippen LogP contribution is 2.34. The molecule has 1 aliphatic rings. The third-order valence-electron chi connectivity index (χ3n) is 5.40. The van der Waals surface area contributed by atoms with Crippen molar-refractivity contribution in [1.29, 1.82) is 0 Å². The molecule has 0 bridgehead atoms. The molecular formula is C21H25ClN2O3S. The highest BCUT2D eigenvalue weighted by Gasteiger charge is 2.40. The van der Waals surface area contributed by atoms with E-state index in [1.165, 1.54) is 15.9 Å². The van der Waals surface area contributed by atoms with Gasteiger partial charge in [-0.25, -0.2) is 8.42 Å². The second-order valence-electron chi connectivity index (χ2n) is 7.56. The number of aryl methyl sites for hydroxylation is 1. The summed E-state index contributed by atoms with van der Waals surface area (Å²) in [4.78, 5) is 12.9. The fourth-order valence-corrected chi connectivity index (χ4v) is 5.28. The number of rotatable bonds is 5. The van der Waals surface area contributed by atoms with Gasteiger partial charge in [-0.05, 0) is 37.5 Å². The van der Waals surface area contributed by atoms with Crippen LogP contribution in [-0.4, -0.2) is 31.7 Å². The van der Waals surface area contributed by atoms with Crippen LogP contribution < -0.4 is 5.32 Å². The van der Waals surface area contributed by atoms with Gasteiger partial charge in [-0.15, -0.1) is 0 Å². The maximum absolute atomic E-state index is 12.9. The van der Waals surface area contributed by atoms with E-state index in [0.717, 1.165) is 5.56 Å². The maximum atomic E-state index is 12.9. The van der Waals surface area contributed by atoms with E-state index in [-0.39, 0.29) is 15.8 Å². The number of carbonyl (C=O) groups is 1. The number of hydrogen-bond acceptors (Lipinski definition) is 3. The highest BCUT2D eigenvalue weighted by atomic mass is 35.5. The molecule has 5 nitrogen and oxygen atoms in total. The molecule has 7 heteroatoms. The zero-order valence-corrected chi connectivity index (χ0v) is 17.7. The number of hydrogen-bond donors (Lipinski definition) is 1. The van der Waals surface area contributed by atoms with E-state index in [0.29, 0.717) is 32.5 Å². The summed E-state index contributed by atoms with van der Waals surface area (Å²) in [6.45, 7) is 4.98. The Morgan fingerprint density at radius 2 is 1.71 bits per heavy atom. The Kier molecular flexibility index (Phi) is 6.12. The van der Waals surface area contributed by atoms with Gasteiger partial charge in [0.2, 0.25) is 15.9 Å². The maximum Gasteiger partial charge on any atom is 0.244 e. The fourth-order valence-electron chi connectivity index (χ4n) is 3.34. The van der Waals surface area contributed by atoms with Gasteiger partial charge in [0, 0.05) is 25.0 Å². The van der Waals surface area contributed by atoms with Crippen molar-refractivity contribution in [2.75, 3.05) is 13.1 Å². The minimum absolute atomic E-state index is 0.0390. The molecule has 1 N–H and O–H groups in total. The van der Waals surface area contributed by atoms with E-state index in [2.05, 4.69) is 5.32 Å². The molecule has 150 valence electrons. The minimum Gasteiger partial charge on any atom is -0.352 e. The van der Waals surface area contributed by atoms with E-state index in [4.69, 9.17) is 11.6 Å². The normalized spacial score (nSPS) is 17.2. The molecule has 0 aromatic heterocycles. The summed E-state index contributed by atoms with van der Waals surface area (Å²) in [6, 6.07) is 14.5. The van der Waals surface area contributed by atoms with Crippen molar-refractivity contribution in [3.8, 4) is 0 Å². The monoisotopic (exact) mass is 420 g/mol. The number of sulfonamides is 1. The standard InChI is InChI=1S/C21H25ClN2O3S/c1-16-7-9-17(10-8-16)15-23-20(25)21(2)11-13-24(14-12-21)28(26,27)19-6-4-3-5-18(19)22/h3-10H,11-15H2,1-2H3,(H,23,25). The Morgan fingerprint density at radius 3 is 2.32 bits per heavy atom. The van der Waals surface area contributed by atoms with Gasteiger partial charge >= 0.3 is 0 Å². The molecule has 3 rings (SSSR count).